The van der Waals surface area contributed by atoms with Gasteiger partial charge in [-0.1, -0.05) is 12.1 Å². The van der Waals surface area contributed by atoms with E-state index in [1.54, 1.807) is 24.3 Å². The van der Waals surface area contributed by atoms with Crippen LogP contribution < -0.4 is 5.32 Å². The lowest BCUT2D eigenvalue weighted by Crippen LogP contribution is -2.03. The maximum absolute atomic E-state index is 12.4. The smallest absolute Gasteiger partial charge is 0.446 e. The molecule has 0 aliphatic carbocycles. The molecule has 2 rings (SSSR count). The van der Waals surface area contributed by atoms with Crippen molar-refractivity contribution in [1.82, 2.24) is 0 Å². The van der Waals surface area contributed by atoms with Crippen molar-refractivity contribution >= 4 is 49.3 Å². The van der Waals surface area contributed by atoms with Crippen LogP contribution in [0.2, 0.25) is 0 Å². The van der Waals surface area contributed by atoms with Crippen molar-refractivity contribution in [3.63, 3.8) is 0 Å². The van der Waals surface area contributed by atoms with E-state index in [9.17, 15) is 13.2 Å². The zero-order valence-electron chi connectivity index (χ0n) is 9.80. The molecule has 0 spiro atoms. The second kappa shape index (κ2) is 6.44. The second-order valence-electron chi connectivity index (χ2n) is 3.73. The van der Waals surface area contributed by atoms with Crippen molar-refractivity contribution in [2.45, 2.75) is 16.9 Å². The van der Waals surface area contributed by atoms with E-state index in [1.165, 1.54) is 6.07 Å². The van der Waals surface area contributed by atoms with E-state index < -0.39 is 5.51 Å². The Bertz CT molecular complexity index is 581. The van der Waals surface area contributed by atoms with Crippen LogP contribution in [0.1, 0.15) is 5.76 Å². The summed E-state index contributed by atoms with van der Waals surface area (Å²) in [5.41, 5.74) is -3.90. The molecular weight excluding hydrogens is 423 g/mol. The van der Waals surface area contributed by atoms with E-state index in [2.05, 4.69) is 37.2 Å². The van der Waals surface area contributed by atoms with E-state index >= 15 is 0 Å². The van der Waals surface area contributed by atoms with Gasteiger partial charge in [0.15, 0.2) is 4.67 Å². The van der Waals surface area contributed by atoms with Crippen LogP contribution >= 0.6 is 43.6 Å². The predicted octanol–water partition coefficient (Wildman–Crippen LogP) is 6.03. The molecule has 2 nitrogen and oxygen atoms in total. The molecule has 0 amide bonds. The number of thioether (sulfide) groups is 1. The van der Waals surface area contributed by atoms with Crippen molar-refractivity contribution in [3.05, 3.63) is 45.2 Å². The van der Waals surface area contributed by atoms with Gasteiger partial charge < -0.3 is 9.73 Å². The third kappa shape index (κ3) is 4.46. The second-order valence-corrected chi connectivity index (χ2v) is 6.41. The first-order valence-corrected chi connectivity index (χ1v) is 7.78. The standard InChI is InChI=1S/C12H8Br2F3NOS/c13-8-5-7(19-11(8)14)6-18-9-3-1-2-4-10(9)20-12(15,16)17/h1-5,18H,6H2. The van der Waals surface area contributed by atoms with Crippen molar-refractivity contribution < 1.29 is 17.6 Å². The molecule has 0 aliphatic heterocycles. The number of benzene rings is 1. The number of para-hydroxylation sites is 1. The van der Waals surface area contributed by atoms with Crippen molar-refractivity contribution in [1.29, 1.82) is 0 Å². The molecule has 0 atom stereocenters. The molecular formula is C12H8Br2F3NOS. The first kappa shape index (κ1) is 15.8. The van der Waals surface area contributed by atoms with Crippen LogP contribution in [0.3, 0.4) is 0 Å². The molecule has 1 heterocycles. The van der Waals surface area contributed by atoms with Crippen LogP contribution in [0.25, 0.3) is 0 Å². The molecule has 20 heavy (non-hydrogen) atoms. The van der Waals surface area contributed by atoms with Gasteiger partial charge >= 0.3 is 5.51 Å². The molecule has 1 aromatic heterocycles. The normalized spacial score (nSPS) is 11.7. The van der Waals surface area contributed by atoms with Crippen LogP contribution in [-0.4, -0.2) is 5.51 Å². The average molecular weight is 431 g/mol. The van der Waals surface area contributed by atoms with E-state index in [-0.39, 0.29) is 16.7 Å². The van der Waals surface area contributed by atoms with Gasteiger partial charge in [-0.3, -0.25) is 0 Å². The number of hydrogen-bond donors (Lipinski definition) is 1. The molecule has 0 saturated carbocycles. The summed E-state index contributed by atoms with van der Waals surface area (Å²) in [5.74, 6) is 0.607. The Labute approximate surface area is 134 Å². The SMILES string of the molecule is FC(F)(F)Sc1ccccc1NCc1cc(Br)c(Br)o1. The summed E-state index contributed by atoms with van der Waals surface area (Å²) in [4.78, 5) is 0.129. The third-order valence-corrected chi connectivity index (χ3v) is 4.78. The van der Waals surface area contributed by atoms with Gasteiger partial charge in [-0.2, -0.15) is 13.2 Å². The molecule has 1 N–H and O–H groups in total. The highest BCUT2D eigenvalue weighted by Gasteiger charge is 2.30. The fourth-order valence-electron chi connectivity index (χ4n) is 1.49. The first-order chi connectivity index (χ1) is 9.35. The molecule has 1 aromatic carbocycles. The quantitative estimate of drug-likeness (QED) is 0.599. The van der Waals surface area contributed by atoms with Crippen molar-refractivity contribution in [3.8, 4) is 0 Å². The number of alkyl halides is 3. The minimum Gasteiger partial charge on any atom is -0.451 e. The number of hydrogen-bond acceptors (Lipinski definition) is 3. The summed E-state index contributed by atoms with van der Waals surface area (Å²) in [6, 6.07) is 8.02. The van der Waals surface area contributed by atoms with Gasteiger partial charge in [0.1, 0.15) is 5.76 Å². The van der Waals surface area contributed by atoms with Crippen LogP contribution in [0.4, 0.5) is 18.9 Å². The summed E-state index contributed by atoms with van der Waals surface area (Å²) >= 11 is 6.34. The predicted molar refractivity (Wildman–Crippen MR) is 79.8 cm³/mol. The topological polar surface area (TPSA) is 25.2 Å². The minimum atomic E-state index is -4.31. The summed E-state index contributed by atoms with van der Waals surface area (Å²) in [5, 5.41) is 2.94. The first-order valence-electron chi connectivity index (χ1n) is 5.37. The average Bonchev–Trinajstić information content (AvgIpc) is 2.66. The van der Waals surface area contributed by atoms with Gasteiger partial charge in [-0.25, -0.2) is 0 Å². The lowest BCUT2D eigenvalue weighted by atomic mass is 10.3. The summed E-state index contributed by atoms with van der Waals surface area (Å²) in [6.07, 6.45) is 0. The number of furan rings is 1. The molecule has 0 saturated heterocycles. The molecule has 0 unspecified atom stereocenters. The molecule has 2 aromatic rings. The molecule has 0 fully saturated rings. The zero-order valence-corrected chi connectivity index (χ0v) is 13.8. The Morgan fingerprint density at radius 2 is 1.90 bits per heavy atom. The number of rotatable bonds is 4. The molecule has 8 heteroatoms. The summed E-state index contributed by atoms with van der Waals surface area (Å²) in [6.45, 7) is 0.291. The molecule has 108 valence electrons. The monoisotopic (exact) mass is 429 g/mol. The maximum atomic E-state index is 12.4. The highest BCUT2D eigenvalue weighted by atomic mass is 79.9. The fraction of sp³-hybridized carbons (Fsp3) is 0.167. The molecule has 0 radical (unpaired) electrons. The van der Waals surface area contributed by atoms with Gasteiger partial charge in [0.25, 0.3) is 0 Å². The summed E-state index contributed by atoms with van der Waals surface area (Å²) < 4.78 is 44.0. The van der Waals surface area contributed by atoms with Crippen LogP contribution in [0.5, 0.6) is 0 Å². The van der Waals surface area contributed by atoms with Crippen molar-refractivity contribution in [2.24, 2.45) is 0 Å². The lowest BCUT2D eigenvalue weighted by molar-refractivity contribution is -0.0327. The van der Waals surface area contributed by atoms with E-state index in [4.69, 9.17) is 4.42 Å². The largest absolute Gasteiger partial charge is 0.451 e. The van der Waals surface area contributed by atoms with Crippen LogP contribution in [0.15, 0.2) is 48.8 Å². The Morgan fingerprint density at radius 3 is 2.50 bits per heavy atom. The van der Waals surface area contributed by atoms with Crippen LogP contribution in [0, 0.1) is 0 Å². The van der Waals surface area contributed by atoms with Gasteiger partial charge in [0.05, 0.1) is 11.0 Å². The Hall–Kier alpha value is -0.600. The number of nitrogens with one attached hydrogen (secondary N) is 1. The third-order valence-electron chi connectivity index (χ3n) is 2.26. The highest BCUT2D eigenvalue weighted by molar-refractivity contribution is 9.13. The van der Waals surface area contributed by atoms with Crippen LogP contribution in [-0.2, 0) is 6.54 Å². The van der Waals surface area contributed by atoms with Gasteiger partial charge in [0.2, 0.25) is 0 Å². The van der Waals surface area contributed by atoms with Gasteiger partial charge in [-0.15, -0.1) is 0 Å². The van der Waals surface area contributed by atoms with E-state index in [0.29, 0.717) is 22.7 Å². The Kier molecular flexibility index (Phi) is 5.09. The number of anilines is 1. The van der Waals surface area contributed by atoms with Gasteiger partial charge in [0, 0.05) is 10.6 Å². The van der Waals surface area contributed by atoms with E-state index in [0.717, 1.165) is 4.47 Å². The van der Waals surface area contributed by atoms with Crippen molar-refractivity contribution in [2.75, 3.05) is 5.32 Å². The number of halogens is 5. The minimum absolute atomic E-state index is 0.129. The van der Waals surface area contributed by atoms with Gasteiger partial charge in [-0.05, 0) is 61.8 Å². The Morgan fingerprint density at radius 1 is 1.20 bits per heavy atom. The highest BCUT2D eigenvalue weighted by Crippen LogP contribution is 2.40. The lowest BCUT2D eigenvalue weighted by Gasteiger charge is -2.12. The summed E-state index contributed by atoms with van der Waals surface area (Å²) in [7, 11) is 0. The maximum Gasteiger partial charge on any atom is 0.446 e. The molecule has 0 aliphatic rings. The van der Waals surface area contributed by atoms with E-state index in [1.807, 2.05) is 0 Å². The zero-order chi connectivity index (χ0) is 14.8. The fourth-order valence-corrected chi connectivity index (χ4v) is 2.79. The Balaban J connectivity index is 2.09. The molecule has 0 bridgehead atoms.